The van der Waals surface area contributed by atoms with Gasteiger partial charge in [0.1, 0.15) is 23.1 Å². The van der Waals surface area contributed by atoms with E-state index in [9.17, 15) is 68.8 Å². The van der Waals surface area contributed by atoms with Crippen molar-refractivity contribution in [3.8, 4) is 56.3 Å². The first kappa shape index (κ1) is 66.5. The molecule has 8 rings (SSSR count). The Morgan fingerprint density at radius 3 is 1.08 bits per heavy atom. The number of amides is 2. The molecule has 0 saturated heterocycles. The molecule has 0 aliphatic rings. The van der Waals surface area contributed by atoms with E-state index in [4.69, 9.17) is 0 Å². The summed E-state index contributed by atoms with van der Waals surface area (Å²) in [6.45, 7) is 8.17. The Balaban J connectivity index is 0.000000269. The SMILES string of the molecule is CC(C)c1c(C(=O)Nc2ccccc2O)c(-c2ccccc2)c(-c2ccc(F)cc2)n1CCC(O)CC(O)CC(=O)[O-].CC(C)c1c(C(=O)Nc2ccccc2O)c(-c2ccccc2)c(-c2ccc(F)cc2)n1CCC(O)CC(O)CC(=O)[O-].[Ca+2]. The standard InChI is InChI=1S/2C33H35FN2O6.Ca/c2*1-20(2)31-30(33(42)35-26-10-6-7-11-27(26)39)29(21-8-4-3-5-9-21)32(22-12-14-23(34)15-13-22)36(31)17-16-24(37)18-25(38)19-28(40)41;/h2*3-15,20,24-25,37-39H,16-19H2,1-2H3,(H,35,42)(H,40,41);/q;;+2/p-2. The zero-order valence-corrected chi connectivity index (χ0v) is 49.8. The van der Waals surface area contributed by atoms with Crippen molar-refractivity contribution in [2.45, 2.75) is 116 Å². The predicted octanol–water partition coefficient (Wildman–Crippen LogP) is 8.99. The number of halogens is 2. The smallest absolute Gasteiger partial charge is 0.550 e. The topological polar surface area (TPSA) is 270 Å². The fourth-order valence-corrected chi connectivity index (χ4v) is 10.5. The molecule has 6 aromatic carbocycles. The quantitative estimate of drug-likeness (QED) is 0.0208. The van der Waals surface area contributed by atoms with Crippen LogP contribution in [0, 0.1) is 11.6 Å². The van der Waals surface area contributed by atoms with Gasteiger partial charge in [-0.3, -0.25) is 9.59 Å². The third-order valence-electron chi connectivity index (χ3n) is 14.1. The van der Waals surface area contributed by atoms with E-state index in [2.05, 4.69) is 10.6 Å². The van der Waals surface area contributed by atoms with Gasteiger partial charge in [0.05, 0.1) is 58.3 Å². The molecule has 0 saturated carbocycles. The Labute approximate surface area is 521 Å². The number of nitrogens with one attached hydrogen (secondary N) is 2. The van der Waals surface area contributed by atoms with Crippen molar-refractivity contribution in [1.29, 1.82) is 0 Å². The van der Waals surface area contributed by atoms with Crippen molar-refractivity contribution in [2.75, 3.05) is 10.6 Å². The zero-order valence-electron chi connectivity index (χ0n) is 47.6. The second-order valence-corrected chi connectivity index (χ2v) is 21.1. The van der Waals surface area contributed by atoms with Gasteiger partial charge in [0.15, 0.2) is 0 Å². The summed E-state index contributed by atoms with van der Waals surface area (Å²) >= 11 is 0. The van der Waals surface area contributed by atoms with Crippen LogP contribution in [-0.4, -0.2) is 126 Å². The first-order chi connectivity index (χ1) is 40.1. The number of hydrogen-bond acceptors (Lipinski definition) is 12. The summed E-state index contributed by atoms with van der Waals surface area (Å²) in [5.41, 5.74) is 7.77. The monoisotopic (exact) mass is 1190 g/mol. The van der Waals surface area contributed by atoms with Crippen LogP contribution < -0.4 is 20.8 Å². The van der Waals surface area contributed by atoms with E-state index in [1.807, 2.05) is 97.5 Å². The molecule has 0 radical (unpaired) electrons. The van der Waals surface area contributed by atoms with E-state index in [-0.39, 0.29) is 111 Å². The number of aliphatic carboxylic acids is 2. The van der Waals surface area contributed by atoms with Crippen LogP contribution in [0.25, 0.3) is 44.8 Å². The van der Waals surface area contributed by atoms with Crippen LogP contribution >= 0.6 is 0 Å². The molecule has 0 bridgehead atoms. The minimum absolute atomic E-state index is 0. The molecule has 2 aromatic heterocycles. The number of nitrogens with zero attached hydrogens (tertiary/aromatic N) is 2. The number of anilines is 2. The molecule has 0 aliphatic carbocycles. The van der Waals surface area contributed by atoms with Gasteiger partial charge in [-0.2, -0.15) is 0 Å². The van der Waals surface area contributed by atoms with E-state index in [1.165, 1.54) is 36.4 Å². The average molecular weight is 1190 g/mol. The molecule has 0 fully saturated rings. The molecule has 2 amide bonds. The van der Waals surface area contributed by atoms with Gasteiger partial charge in [-0.05, 0) is 133 Å². The first-order valence-electron chi connectivity index (χ1n) is 27.6. The van der Waals surface area contributed by atoms with E-state index < -0.39 is 72.6 Å². The molecule has 19 heteroatoms. The molecule has 8 N–H and O–H groups in total. The Morgan fingerprint density at radius 2 is 0.776 bits per heavy atom. The van der Waals surface area contributed by atoms with Gasteiger partial charge in [0.2, 0.25) is 0 Å². The van der Waals surface area contributed by atoms with Gasteiger partial charge in [0, 0.05) is 60.4 Å². The number of aliphatic hydroxyl groups excluding tert-OH is 4. The maximum absolute atomic E-state index is 14.1. The third-order valence-corrected chi connectivity index (χ3v) is 14.1. The number of phenols is 2. The summed E-state index contributed by atoms with van der Waals surface area (Å²) in [6.07, 6.45) is -5.84. The summed E-state index contributed by atoms with van der Waals surface area (Å²) in [5.74, 6) is -5.11. The summed E-state index contributed by atoms with van der Waals surface area (Å²) in [6, 6.07) is 43.3. The molecule has 8 aromatic rings. The molecular weight excluding hydrogens is 1120 g/mol. The maximum Gasteiger partial charge on any atom is 2.00 e. The Bertz CT molecular complexity index is 3310. The predicted molar refractivity (Wildman–Crippen MR) is 318 cm³/mol. The molecule has 440 valence electrons. The van der Waals surface area contributed by atoms with Gasteiger partial charge < -0.3 is 70.2 Å². The molecule has 2 heterocycles. The minimum atomic E-state index is -1.41. The minimum Gasteiger partial charge on any atom is -0.550 e. The van der Waals surface area contributed by atoms with Crippen LogP contribution in [0.3, 0.4) is 0 Å². The number of rotatable bonds is 24. The summed E-state index contributed by atoms with van der Waals surface area (Å²) < 4.78 is 31.9. The van der Waals surface area contributed by atoms with Gasteiger partial charge in [-0.25, -0.2) is 8.78 Å². The molecule has 4 atom stereocenters. The van der Waals surface area contributed by atoms with E-state index >= 15 is 0 Å². The maximum atomic E-state index is 14.1. The first-order valence-corrected chi connectivity index (χ1v) is 27.6. The van der Waals surface area contributed by atoms with Crippen molar-refractivity contribution < 1.29 is 68.8 Å². The number of aromatic hydroxyl groups is 2. The normalized spacial score (nSPS) is 12.6. The van der Waals surface area contributed by atoms with Crippen molar-refractivity contribution in [1.82, 2.24) is 9.13 Å². The number of para-hydroxylation sites is 4. The molecule has 0 spiro atoms. The van der Waals surface area contributed by atoms with Crippen molar-refractivity contribution in [3.63, 3.8) is 0 Å². The number of aliphatic hydroxyl groups is 4. The molecule has 0 aliphatic heterocycles. The largest absolute Gasteiger partial charge is 2.00 e. The van der Waals surface area contributed by atoms with Gasteiger partial charge in [-0.1, -0.05) is 113 Å². The van der Waals surface area contributed by atoms with Crippen LogP contribution in [0.1, 0.15) is 110 Å². The molecular formula is C66H68CaF2N4O12. The molecule has 4 unspecified atom stereocenters. The Morgan fingerprint density at radius 1 is 0.459 bits per heavy atom. The number of carboxylic acids is 2. The second kappa shape index (κ2) is 30.9. The van der Waals surface area contributed by atoms with Crippen LogP contribution in [0.2, 0.25) is 0 Å². The number of carbonyl (C=O) groups is 4. The number of phenolic OH excluding ortho intramolecular Hbond substituents is 2. The Kier molecular flexibility index (Phi) is 24.2. The number of carboxylic acid groups (broad SMARTS) is 2. The fraction of sp³-hybridized carbons (Fsp3) is 0.273. The van der Waals surface area contributed by atoms with Crippen molar-refractivity contribution in [2.24, 2.45) is 0 Å². The third kappa shape index (κ3) is 17.3. The summed E-state index contributed by atoms with van der Waals surface area (Å²) in [7, 11) is 0. The summed E-state index contributed by atoms with van der Waals surface area (Å²) in [5, 5.41) is 89.6. The number of carbonyl (C=O) groups excluding carboxylic acids is 4. The second-order valence-electron chi connectivity index (χ2n) is 21.1. The van der Waals surface area contributed by atoms with Crippen molar-refractivity contribution in [3.05, 3.63) is 192 Å². The number of benzene rings is 6. The van der Waals surface area contributed by atoms with E-state index in [0.717, 1.165) is 11.1 Å². The van der Waals surface area contributed by atoms with Gasteiger partial charge >= 0.3 is 37.7 Å². The van der Waals surface area contributed by atoms with E-state index in [0.29, 0.717) is 56.2 Å². The average Bonchev–Trinajstić information content (AvgIpc) is 1.71. The van der Waals surface area contributed by atoms with Gasteiger partial charge in [-0.15, -0.1) is 0 Å². The van der Waals surface area contributed by atoms with Crippen LogP contribution in [0.15, 0.2) is 158 Å². The fourth-order valence-electron chi connectivity index (χ4n) is 10.5. The van der Waals surface area contributed by atoms with Crippen LogP contribution in [0.5, 0.6) is 11.5 Å². The number of aromatic nitrogens is 2. The van der Waals surface area contributed by atoms with Crippen LogP contribution in [0.4, 0.5) is 20.2 Å². The number of hydrogen-bond donors (Lipinski definition) is 8. The zero-order chi connectivity index (χ0) is 60.8. The summed E-state index contributed by atoms with van der Waals surface area (Å²) in [4.78, 5) is 49.9. The Hall–Kier alpha value is -7.68. The van der Waals surface area contributed by atoms with Gasteiger partial charge in [0.25, 0.3) is 11.8 Å². The van der Waals surface area contributed by atoms with Crippen LogP contribution in [-0.2, 0) is 22.7 Å². The molecule has 85 heavy (non-hydrogen) atoms. The van der Waals surface area contributed by atoms with E-state index in [1.54, 1.807) is 60.7 Å². The van der Waals surface area contributed by atoms with Crippen molar-refractivity contribution >= 4 is 72.9 Å². The molecule has 16 nitrogen and oxygen atoms in total.